The van der Waals surface area contributed by atoms with Crippen LogP contribution in [0.3, 0.4) is 0 Å². The first-order chi connectivity index (χ1) is 12.6. The molecule has 148 valence electrons. The van der Waals surface area contributed by atoms with Crippen molar-refractivity contribution in [1.29, 1.82) is 0 Å². The van der Waals surface area contributed by atoms with Crippen molar-refractivity contribution in [1.82, 2.24) is 14.9 Å². The number of nitrogen functional groups attached to an aromatic ring is 1. The second-order valence-electron chi connectivity index (χ2n) is 5.27. The second-order valence-corrected chi connectivity index (χ2v) is 7.61. The van der Waals surface area contributed by atoms with Crippen LogP contribution in [0.4, 0.5) is 5.82 Å². The lowest BCUT2D eigenvalue weighted by Gasteiger charge is -2.22. The molecule has 0 aliphatic carbocycles. The Kier molecular flexibility index (Phi) is 8.80. The maximum Gasteiger partial charge on any atom is 0.469 e. The molecule has 0 aromatic carbocycles. The first-order valence-corrected chi connectivity index (χ1v) is 9.96. The van der Waals surface area contributed by atoms with Gasteiger partial charge in [-0.25, -0.2) is 14.5 Å². The van der Waals surface area contributed by atoms with Crippen molar-refractivity contribution in [3.05, 3.63) is 40.8 Å². The molecule has 1 aromatic heterocycles. The van der Waals surface area contributed by atoms with Gasteiger partial charge in [0.05, 0.1) is 13.2 Å². The number of allylic oxidation sites excluding steroid dienone is 1. The van der Waals surface area contributed by atoms with Gasteiger partial charge in [-0.05, 0) is 31.7 Å². The quantitative estimate of drug-likeness (QED) is 0.290. The monoisotopic (exact) mass is 416 g/mol. The number of amides is 1. The average molecular weight is 416 g/mol. The smallest absolute Gasteiger partial charge is 0.383 e. The number of hydrogen-bond acceptors (Lipinski definition) is 8. The number of carbonyl (C=O) groups is 2. The Morgan fingerprint density at radius 2 is 2.19 bits per heavy atom. The number of nitrogens with two attached hydrogens (primary N) is 1. The van der Waals surface area contributed by atoms with E-state index in [4.69, 9.17) is 15.5 Å². The molecule has 0 saturated carbocycles. The molecule has 0 bridgehead atoms. The van der Waals surface area contributed by atoms with Crippen molar-refractivity contribution in [2.24, 2.45) is 0 Å². The van der Waals surface area contributed by atoms with Crippen molar-refractivity contribution in [2.75, 3.05) is 12.3 Å². The number of phosphoric acid groups is 1. The normalized spacial score (nSPS) is 12.3. The van der Waals surface area contributed by atoms with Crippen LogP contribution in [-0.2, 0) is 25.2 Å². The summed E-state index contributed by atoms with van der Waals surface area (Å²) in [5, 5.41) is -0.385. The number of anilines is 1. The van der Waals surface area contributed by atoms with Crippen molar-refractivity contribution in [3.8, 4) is 0 Å². The Hall–Kier alpha value is -2.04. The zero-order chi connectivity index (χ0) is 20.6. The van der Waals surface area contributed by atoms with Crippen molar-refractivity contribution in [2.45, 2.75) is 26.8 Å². The minimum atomic E-state index is -4.64. The summed E-state index contributed by atoms with van der Waals surface area (Å²) in [6.45, 7) is 6.38. The number of carbonyl (C=O) groups excluding carboxylic acids is 2. The molecule has 4 N–H and O–H groups in total. The number of thioether (sulfide) groups is 1. The summed E-state index contributed by atoms with van der Waals surface area (Å²) in [6, 6.07) is 0. The fourth-order valence-electron chi connectivity index (χ4n) is 1.94. The van der Waals surface area contributed by atoms with E-state index in [0.29, 0.717) is 28.4 Å². The summed E-state index contributed by atoms with van der Waals surface area (Å²) in [5.41, 5.74) is 6.76. The van der Waals surface area contributed by atoms with Gasteiger partial charge in [0.2, 0.25) is 11.5 Å². The van der Waals surface area contributed by atoms with Crippen molar-refractivity contribution < 1.29 is 28.5 Å². The third-order valence-corrected chi connectivity index (χ3v) is 4.93. The standard InChI is InChI=1S/C15H21N4O6PS/c1-4-14(21)27-13(5-6-25-26(22,23)24)10(2)19(9-20)8-12-7-17-11(3)18-15(12)16/h4,7,9H,1,5-6,8H2,2-3H3,(H2,16,17,18)(H2,22,23,24)/b13-10-. The number of aromatic nitrogens is 2. The van der Waals surface area contributed by atoms with Crippen LogP contribution in [0.15, 0.2) is 29.5 Å². The molecule has 12 heteroatoms. The lowest BCUT2D eigenvalue weighted by molar-refractivity contribution is -0.117. The molecule has 0 atom stereocenters. The molecule has 1 amide bonds. The summed E-state index contributed by atoms with van der Waals surface area (Å²) in [5.74, 6) is 0.715. The van der Waals surface area contributed by atoms with E-state index in [1.807, 2.05) is 0 Å². The van der Waals surface area contributed by atoms with E-state index in [9.17, 15) is 14.2 Å². The molecule has 27 heavy (non-hydrogen) atoms. The zero-order valence-electron chi connectivity index (χ0n) is 14.9. The van der Waals surface area contributed by atoms with Gasteiger partial charge in [0.25, 0.3) is 0 Å². The highest BCUT2D eigenvalue weighted by molar-refractivity contribution is 8.17. The third-order valence-electron chi connectivity index (χ3n) is 3.30. The molecule has 1 rings (SSSR count). The molecule has 0 aliphatic rings. The second kappa shape index (κ2) is 10.3. The molecule has 0 fully saturated rings. The van der Waals surface area contributed by atoms with Gasteiger partial charge in [-0.1, -0.05) is 6.58 Å². The number of nitrogens with zero attached hydrogens (tertiary/aromatic N) is 3. The van der Waals surface area contributed by atoms with Crippen LogP contribution in [-0.4, -0.2) is 42.8 Å². The molecule has 0 unspecified atom stereocenters. The van der Waals surface area contributed by atoms with Crippen LogP contribution < -0.4 is 5.73 Å². The highest BCUT2D eigenvalue weighted by Gasteiger charge is 2.18. The van der Waals surface area contributed by atoms with Crippen LogP contribution in [0.25, 0.3) is 0 Å². The lowest BCUT2D eigenvalue weighted by Crippen LogP contribution is -2.22. The minimum Gasteiger partial charge on any atom is -0.383 e. The number of hydrogen-bond donors (Lipinski definition) is 3. The topological polar surface area (TPSA) is 156 Å². The van der Waals surface area contributed by atoms with Gasteiger partial charge in [-0.2, -0.15) is 0 Å². The Balaban J connectivity index is 3.09. The molecule has 1 aromatic rings. The Morgan fingerprint density at radius 1 is 1.52 bits per heavy atom. The maximum atomic E-state index is 11.7. The van der Waals surface area contributed by atoms with Gasteiger partial charge >= 0.3 is 7.82 Å². The van der Waals surface area contributed by atoms with Crippen LogP contribution in [0.1, 0.15) is 24.7 Å². The molecule has 0 saturated heterocycles. The number of aryl methyl sites for hydroxylation is 1. The van der Waals surface area contributed by atoms with Crippen LogP contribution in [0.2, 0.25) is 0 Å². The molecular formula is C15H21N4O6PS. The average Bonchev–Trinajstić information content (AvgIpc) is 2.58. The fraction of sp³-hybridized carbons (Fsp3) is 0.333. The first kappa shape index (κ1) is 23.0. The maximum absolute atomic E-state index is 11.7. The Morgan fingerprint density at radius 3 is 2.70 bits per heavy atom. The molecule has 0 radical (unpaired) electrons. The van der Waals surface area contributed by atoms with E-state index < -0.39 is 7.82 Å². The predicted octanol–water partition coefficient (Wildman–Crippen LogP) is 1.50. The van der Waals surface area contributed by atoms with E-state index in [1.165, 1.54) is 11.1 Å². The van der Waals surface area contributed by atoms with Gasteiger partial charge in [0.1, 0.15) is 11.6 Å². The number of phosphoric ester groups is 1. The summed E-state index contributed by atoms with van der Waals surface area (Å²) in [4.78, 5) is 50.6. The summed E-state index contributed by atoms with van der Waals surface area (Å²) in [7, 11) is -4.64. The summed E-state index contributed by atoms with van der Waals surface area (Å²) >= 11 is 0.791. The highest BCUT2D eigenvalue weighted by Crippen LogP contribution is 2.37. The van der Waals surface area contributed by atoms with Crippen LogP contribution in [0, 0.1) is 6.92 Å². The van der Waals surface area contributed by atoms with Gasteiger partial charge in [0, 0.05) is 28.8 Å². The lowest BCUT2D eigenvalue weighted by atomic mass is 10.2. The largest absolute Gasteiger partial charge is 0.469 e. The summed E-state index contributed by atoms with van der Waals surface area (Å²) in [6.07, 6.45) is 3.15. The predicted molar refractivity (Wildman–Crippen MR) is 101 cm³/mol. The Labute approximate surface area is 160 Å². The van der Waals surface area contributed by atoms with Crippen LogP contribution >= 0.6 is 19.6 Å². The minimum absolute atomic E-state index is 0.00537. The zero-order valence-corrected chi connectivity index (χ0v) is 16.6. The van der Waals surface area contributed by atoms with Gasteiger partial charge in [0.15, 0.2) is 0 Å². The van der Waals surface area contributed by atoms with Crippen molar-refractivity contribution in [3.63, 3.8) is 0 Å². The van der Waals surface area contributed by atoms with Gasteiger partial charge < -0.3 is 20.4 Å². The van der Waals surface area contributed by atoms with Gasteiger partial charge in [-0.15, -0.1) is 0 Å². The molecule has 10 nitrogen and oxygen atoms in total. The molecule has 0 spiro atoms. The van der Waals surface area contributed by atoms with Crippen LogP contribution in [0.5, 0.6) is 0 Å². The molecule has 1 heterocycles. The third kappa shape index (κ3) is 8.02. The fourth-order valence-corrected chi connectivity index (χ4v) is 3.04. The molecule has 0 aliphatic heterocycles. The molecular weight excluding hydrogens is 395 g/mol. The van der Waals surface area contributed by atoms with Crippen molar-refractivity contribution >= 4 is 36.9 Å². The summed E-state index contributed by atoms with van der Waals surface area (Å²) < 4.78 is 15.3. The van der Waals surface area contributed by atoms with E-state index >= 15 is 0 Å². The number of rotatable bonds is 10. The van der Waals surface area contributed by atoms with E-state index in [0.717, 1.165) is 17.8 Å². The van der Waals surface area contributed by atoms with E-state index in [1.54, 1.807) is 13.8 Å². The van der Waals surface area contributed by atoms with Gasteiger partial charge in [-0.3, -0.25) is 14.1 Å². The highest BCUT2D eigenvalue weighted by atomic mass is 32.2. The first-order valence-electron chi connectivity index (χ1n) is 7.61. The Bertz CT molecular complexity index is 795. The SMILES string of the molecule is C=CC(=O)S/C(CCOP(=O)(O)O)=C(/C)N(C=O)Cc1cnc(C)nc1N. The van der Waals surface area contributed by atoms with E-state index in [2.05, 4.69) is 21.1 Å². The van der Waals surface area contributed by atoms with E-state index in [-0.39, 0.29) is 30.5 Å².